The number of H-pyrrole nitrogens is 1. The number of alkyl halides is 2. The van der Waals surface area contributed by atoms with Crippen LogP contribution in [0.5, 0.6) is 5.75 Å². The number of amides is 1. The van der Waals surface area contributed by atoms with Crippen molar-refractivity contribution in [3.05, 3.63) is 36.2 Å². The van der Waals surface area contributed by atoms with Crippen molar-refractivity contribution in [3.8, 4) is 16.9 Å². The average Bonchev–Trinajstić information content (AvgIpc) is 2.96. The second kappa shape index (κ2) is 6.49. The Balaban J connectivity index is 1.66. The Bertz CT molecular complexity index is 1010. The summed E-state index contributed by atoms with van der Waals surface area (Å²) >= 11 is 0. The van der Waals surface area contributed by atoms with Gasteiger partial charge in [-0.25, -0.2) is 13.8 Å². The Hall–Kier alpha value is -3.23. The fourth-order valence-corrected chi connectivity index (χ4v) is 2.88. The Kier molecular flexibility index (Phi) is 4.14. The van der Waals surface area contributed by atoms with Crippen LogP contribution >= 0.6 is 0 Å². The monoisotopic (exact) mass is 373 g/mol. The number of halogens is 2. The normalized spacial score (nSPS) is 14.3. The first-order valence-corrected chi connectivity index (χ1v) is 8.42. The Morgan fingerprint density at radius 2 is 2.19 bits per heavy atom. The molecule has 3 aromatic rings. The summed E-state index contributed by atoms with van der Waals surface area (Å²) in [6.07, 6.45) is 3.33. The van der Waals surface area contributed by atoms with Crippen LogP contribution in [0.25, 0.3) is 22.2 Å². The third-order valence-electron chi connectivity index (χ3n) is 4.17. The first-order chi connectivity index (χ1) is 12.9. The van der Waals surface area contributed by atoms with Crippen molar-refractivity contribution in [2.75, 3.05) is 25.0 Å². The van der Waals surface area contributed by atoms with Crippen LogP contribution < -0.4 is 15.4 Å². The number of aromatic amines is 1. The standard InChI is InChI=1S/C18H17F2N5O2/c1-18(19,20)9-24-17-23-8-13-12(7-22-15(13)25-17)10-2-3-11-14(6-10)27-5-4-21-16(11)26/h2-3,6-8H,4-5,9H2,1H3,(H,21,26)(H2,22,23,24,25). The largest absolute Gasteiger partial charge is 0.491 e. The van der Waals surface area contributed by atoms with Gasteiger partial charge in [0, 0.05) is 30.3 Å². The number of rotatable bonds is 4. The average molecular weight is 373 g/mol. The lowest BCUT2D eigenvalue weighted by Crippen LogP contribution is -2.24. The summed E-state index contributed by atoms with van der Waals surface area (Å²) in [6, 6.07) is 5.33. The van der Waals surface area contributed by atoms with Crippen LogP contribution in [0.1, 0.15) is 17.3 Å². The molecular formula is C18H17F2N5O2. The first-order valence-electron chi connectivity index (χ1n) is 8.42. The van der Waals surface area contributed by atoms with E-state index in [1.807, 2.05) is 6.07 Å². The van der Waals surface area contributed by atoms with E-state index in [0.29, 0.717) is 30.1 Å². The Labute approximate surface area is 153 Å². The summed E-state index contributed by atoms with van der Waals surface area (Å²) in [5.74, 6) is -2.38. The van der Waals surface area contributed by atoms with Crippen molar-refractivity contribution in [2.24, 2.45) is 0 Å². The molecule has 0 fully saturated rings. The molecule has 1 aliphatic heterocycles. The summed E-state index contributed by atoms with van der Waals surface area (Å²) < 4.78 is 31.6. The van der Waals surface area contributed by atoms with Gasteiger partial charge >= 0.3 is 0 Å². The van der Waals surface area contributed by atoms with Gasteiger partial charge in [0.05, 0.1) is 18.7 Å². The zero-order valence-electron chi connectivity index (χ0n) is 14.5. The van der Waals surface area contributed by atoms with E-state index in [0.717, 1.165) is 23.4 Å². The SMILES string of the molecule is CC(F)(F)CNc1ncc2c(-c3ccc4c(c3)OCCNC4=O)c[nH]c2n1. The number of benzene rings is 1. The zero-order valence-corrected chi connectivity index (χ0v) is 14.5. The summed E-state index contributed by atoms with van der Waals surface area (Å²) in [4.78, 5) is 23.4. The molecule has 4 rings (SSSR count). The fourth-order valence-electron chi connectivity index (χ4n) is 2.88. The second-order valence-electron chi connectivity index (χ2n) is 6.40. The van der Waals surface area contributed by atoms with Crippen LogP contribution in [0, 0.1) is 0 Å². The molecule has 9 heteroatoms. The van der Waals surface area contributed by atoms with E-state index in [-0.39, 0.29) is 11.9 Å². The van der Waals surface area contributed by atoms with E-state index in [9.17, 15) is 13.6 Å². The minimum atomic E-state index is -2.85. The third-order valence-corrected chi connectivity index (χ3v) is 4.17. The second-order valence-corrected chi connectivity index (χ2v) is 6.40. The number of aromatic nitrogens is 3. The van der Waals surface area contributed by atoms with Crippen molar-refractivity contribution in [2.45, 2.75) is 12.8 Å². The number of hydrogen-bond acceptors (Lipinski definition) is 5. The minimum Gasteiger partial charge on any atom is -0.491 e. The first kappa shape index (κ1) is 17.2. The van der Waals surface area contributed by atoms with Crippen LogP contribution in [-0.2, 0) is 0 Å². The van der Waals surface area contributed by atoms with Crippen LogP contribution in [0.15, 0.2) is 30.6 Å². The molecule has 0 saturated carbocycles. The molecule has 3 heterocycles. The van der Waals surface area contributed by atoms with Gasteiger partial charge in [0.2, 0.25) is 5.95 Å². The molecule has 140 valence electrons. The molecule has 1 aromatic carbocycles. The topological polar surface area (TPSA) is 91.9 Å². The van der Waals surface area contributed by atoms with Crippen molar-refractivity contribution in [3.63, 3.8) is 0 Å². The highest BCUT2D eigenvalue weighted by Gasteiger charge is 2.21. The van der Waals surface area contributed by atoms with E-state index in [2.05, 4.69) is 25.6 Å². The van der Waals surface area contributed by atoms with Crippen molar-refractivity contribution < 1.29 is 18.3 Å². The molecule has 1 aliphatic rings. The number of hydrogen-bond donors (Lipinski definition) is 3. The van der Waals surface area contributed by atoms with Crippen LogP contribution in [0.3, 0.4) is 0 Å². The number of nitrogens with zero attached hydrogens (tertiary/aromatic N) is 2. The van der Waals surface area contributed by atoms with Crippen molar-refractivity contribution in [1.29, 1.82) is 0 Å². The van der Waals surface area contributed by atoms with Gasteiger partial charge < -0.3 is 20.4 Å². The molecule has 1 amide bonds. The highest BCUT2D eigenvalue weighted by Crippen LogP contribution is 2.32. The molecule has 2 aromatic heterocycles. The molecule has 0 unspecified atom stereocenters. The maximum atomic E-state index is 13.0. The summed E-state index contributed by atoms with van der Waals surface area (Å²) in [5, 5.41) is 6.02. The van der Waals surface area contributed by atoms with Crippen molar-refractivity contribution >= 4 is 22.9 Å². The Morgan fingerprint density at radius 1 is 1.33 bits per heavy atom. The number of carbonyl (C=O) groups is 1. The molecule has 3 N–H and O–H groups in total. The fraction of sp³-hybridized carbons (Fsp3) is 0.278. The van der Waals surface area contributed by atoms with Gasteiger partial charge in [-0.3, -0.25) is 4.79 Å². The van der Waals surface area contributed by atoms with Gasteiger partial charge in [0.25, 0.3) is 11.8 Å². The smallest absolute Gasteiger partial charge is 0.262 e. The minimum absolute atomic E-state index is 0.124. The molecule has 27 heavy (non-hydrogen) atoms. The molecule has 0 spiro atoms. The molecular weight excluding hydrogens is 356 g/mol. The van der Waals surface area contributed by atoms with E-state index in [1.165, 1.54) is 0 Å². The van der Waals surface area contributed by atoms with Gasteiger partial charge in [-0.15, -0.1) is 0 Å². The van der Waals surface area contributed by atoms with Crippen LogP contribution in [0.2, 0.25) is 0 Å². The quantitative estimate of drug-likeness (QED) is 0.654. The molecule has 0 atom stereocenters. The third kappa shape index (κ3) is 3.53. The lowest BCUT2D eigenvalue weighted by molar-refractivity contribution is 0.0366. The van der Waals surface area contributed by atoms with Crippen LogP contribution in [-0.4, -0.2) is 46.5 Å². The molecule has 0 radical (unpaired) electrons. The number of ether oxygens (including phenoxy) is 1. The Morgan fingerprint density at radius 3 is 3.00 bits per heavy atom. The van der Waals surface area contributed by atoms with Gasteiger partial charge in [-0.1, -0.05) is 6.07 Å². The number of anilines is 1. The molecule has 0 bridgehead atoms. The lowest BCUT2D eigenvalue weighted by atomic mass is 10.0. The summed E-state index contributed by atoms with van der Waals surface area (Å²) in [6.45, 7) is 1.13. The van der Waals surface area contributed by atoms with Gasteiger partial charge in [0.1, 0.15) is 18.0 Å². The predicted molar refractivity (Wildman–Crippen MR) is 96.3 cm³/mol. The molecule has 0 saturated heterocycles. The summed E-state index contributed by atoms with van der Waals surface area (Å²) in [7, 11) is 0. The van der Waals surface area contributed by atoms with E-state index in [4.69, 9.17) is 4.74 Å². The maximum absolute atomic E-state index is 13.0. The van der Waals surface area contributed by atoms with E-state index >= 15 is 0 Å². The van der Waals surface area contributed by atoms with Crippen molar-refractivity contribution in [1.82, 2.24) is 20.3 Å². The summed E-state index contributed by atoms with van der Waals surface area (Å²) in [5.41, 5.74) is 2.67. The molecule has 7 nitrogen and oxygen atoms in total. The number of nitrogens with one attached hydrogen (secondary N) is 3. The number of fused-ring (bicyclic) bond motifs is 2. The number of carbonyl (C=O) groups excluding carboxylic acids is 1. The van der Waals surface area contributed by atoms with E-state index < -0.39 is 12.5 Å². The van der Waals surface area contributed by atoms with Gasteiger partial charge in [-0.2, -0.15) is 4.98 Å². The maximum Gasteiger partial charge on any atom is 0.262 e. The molecule has 0 aliphatic carbocycles. The van der Waals surface area contributed by atoms with Crippen LogP contribution in [0.4, 0.5) is 14.7 Å². The highest BCUT2D eigenvalue weighted by atomic mass is 19.3. The zero-order chi connectivity index (χ0) is 19.0. The van der Waals surface area contributed by atoms with Gasteiger partial charge in [-0.05, 0) is 17.7 Å². The van der Waals surface area contributed by atoms with E-state index in [1.54, 1.807) is 24.5 Å². The highest BCUT2D eigenvalue weighted by molar-refractivity contribution is 5.99. The lowest BCUT2D eigenvalue weighted by Gasteiger charge is -2.11. The predicted octanol–water partition coefficient (Wildman–Crippen LogP) is 2.81. The van der Waals surface area contributed by atoms with Gasteiger partial charge in [0.15, 0.2) is 0 Å².